The predicted molar refractivity (Wildman–Crippen MR) is 258 cm³/mol. The Kier molecular flexibility index (Phi) is 16.4. The number of likely N-dealkylation sites (N-methyl/N-ethyl adjacent to an activating group) is 1. The normalized spacial score (nSPS) is 18.6. The summed E-state index contributed by atoms with van der Waals surface area (Å²) >= 11 is 0. The molecule has 0 radical (unpaired) electrons. The molecule has 3 fully saturated rings. The van der Waals surface area contributed by atoms with E-state index in [1.165, 1.54) is 19.9 Å². The number of likely N-dealkylation sites (tertiary alicyclic amines) is 2. The number of piperidine rings is 2. The van der Waals surface area contributed by atoms with Gasteiger partial charge < -0.3 is 46.3 Å². The molecule has 4 aliphatic rings. The maximum atomic E-state index is 13.5. The topological polar surface area (TPSA) is 206 Å². The maximum absolute atomic E-state index is 13.5. The lowest BCUT2D eigenvalue weighted by atomic mass is 9.95. The van der Waals surface area contributed by atoms with Crippen LogP contribution in [0.4, 0.5) is 5.69 Å². The van der Waals surface area contributed by atoms with Crippen molar-refractivity contribution in [1.82, 2.24) is 30.2 Å². The molecule has 0 aromatic heterocycles. The summed E-state index contributed by atoms with van der Waals surface area (Å²) in [6.45, 7) is 12.7. The number of fused-ring (bicyclic) bond motifs is 1. The average Bonchev–Trinajstić information content (AvgIpc) is 3.59. The molecule has 350 valence electrons. The van der Waals surface area contributed by atoms with Crippen LogP contribution >= 0.6 is 0 Å². The number of hydrogen-bond donors (Lipinski definition) is 5. The molecule has 66 heavy (non-hydrogen) atoms. The second-order valence-corrected chi connectivity index (χ2v) is 17.5. The molecule has 16 heteroatoms. The van der Waals surface area contributed by atoms with Gasteiger partial charge in [0.15, 0.2) is 0 Å². The molecule has 7 N–H and O–H groups in total. The summed E-state index contributed by atoms with van der Waals surface area (Å²) in [5, 5.41) is 15.2. The van der Waals surface area contributed by atoms with Gasteiger partial charge in [-0.15, -0.1) is 0 Å². The van der Waals surface area contributed by atoms with Gasteiger partial charge in [-0.2, -0.15) is 0 Å². The van der Waals surface area contributed by atoms with Crippen molar-refractivity contribution in [2.45, 2.75) is 57.5 Å². The second kappa shape index (κ2) is 22.7. The fraction of sp³-hybridized carbons (Fsp3) is 0.440. The number of amidine groups is 1. The number of aliphatic imine (C=N–C) groups is 1. The van der Waals surface area contributed by atoms with E-state index in [1.807, 2.05) is 73.7 Å². The summed E-state index contributed by atoms with van der Waals surface area (Å²) in [6.07, 6.45) is 8.63. The van der Waals surface area contributed by atoms with E-state index in [4.69, 9.17) is 21.6 Å². The molecule has 3 aromatic carbocycles. The van der Waals surface area contributed by atoms with Crippen LogP contribution in [-0.4, -0.2) is 146 Å². The number of para-hydroxylation sites is 1. The van der Waals surface area contributed by atoms with Crippen molar-refractivity contribution >= 4 is 41.2 Å². The molecule has 4 heterocycles. The van der Waals surface area contributed by atoms with Gasteiger partial charge in [0.25, 0.3) is 11.8 Å². The van der Waals surface area contributed by atoms with Gasteiger partial charge in [0, 0.05) is 95.9 Å². The third-order valence-electron chi connectivity index (χ3n) is 13.2. The number of allylic oxidation sites excluding steroid dienone is 1. The summed E-state index contributed by atoms with van der Waals surface area (Å²) in [7, 11) is 1.46. The molecule has 0 bridgehead atoms. The fourth-order valence-corrected chi connectivity index (χ4v) is 9.40. The van der Waals surface area contributed by atoms with Gasteiger partial charge in [0.2, 0.25) is 5.91 Å². The number of nitrogens with zero attached hydrogens (tertiary/aromatic N) is 6. The largest absolute Gasteiger partial charge is 0.457 e. The van der Waals surface area contributed by atoms with Crippen molar-refractivity contribution in [3.05, 3.63) is 113 Å². The molecular weight excluding hydrogens is 835 g/mol. The number of rotatable bonds is 18. The number of imide groups is 1. The van der Waals surface area contributed by atoms with Crippen molar-refractivity contribution in [2.75, 3.05) is 83.9 Å². The minimum absolute atomic E-state index is 0.0352. The first-order valence-corrected chi connectivity index (χ1v) is 23.3. The molecule has 1 atom stereocenters. The van der Waals surface area contributed by atoms with Gasteiger partial charge in [0.1, 0.15) is 35.5 Å². The highest BCUT2D eigenvalue weighted by atomic mass is 16.5. The number of anilines is 1. The van der Waals surface area contributed by atoms with Gasteiger partial charge in [0.05, 0.1) is 22.4 Å². The van der Waals surface area contributed by atoms with E-state index >= 15 is 0 Å². The van der Waals surface area contributed by atoms with E-state index in [1.54, 1.807) is 18.3 Å². The van der Waals surface area contributed by atoms with E-state index in [9.17, 15) is 19.2 Å². The fourth-order valence-electron chi connectivity index (χ4n) is 9.40. The zero-order chi connectivity index (χ0) is 46.6. The van der Waals surface area contributed by atoms with Gasteiger partial charge in [-0.05, 0) is 113 Å². The first-order valence-electron chi connectivity index (χ1n) is 23.3. The quantitative estimate of drug-likeness (QED) is 0.0528. The van der Waals surface area contributed by atoms with Crippen molar-refractivity contribution in [3.8, 4) is 11.5 Å². The summed E-state index contributed by atoms with van der Waals surface area (Å²) < 4.78 is 5.94. The average molecular weight is 900 g/mol. The molecule has 0 spiro atoms. The number of aldehydes is 1. The van der Waals surface area contributed by atoms with Crippen LogP contribution in [0, 0.1) is 11.3 Å². The number of hydrogen-bond acceptors (Lipinski definition) is 13. The van der Waals surface area contributed by atoms with Crippen molar-refractivity contribution in [3.63, 3.8) is 0 Å². The number of carbonyl (C=O) groups is 4. The Balaban J connectivity index is 0.820. The minimum atomic E-state index is -1.03. The Labute approximate surface area is 388 Å². The SMILES string of the molecule is C/C=C/N=C(/NC1CCN(CCN2CCC(CN3CCN(c4ccc5c(c4)C(=O)N(C(CCC=O)C(=O)NC)C5=O)CC3)CC2)CC1)C(C(=N)c1ccc(Oc2ccccc2)cc1)=C(N)N. The lowest BCUT2D eigenvalue weighted by Gasteiger charge is -2.40. The zero-order valence-electron chi connectivity index (χ0n) is 38.3. The van der Waals surface area contributed by atoms with Gasteiger partial charge in [-0.1, -0.05) is 24.3 Å². The Morgan fingerprint density at radius 1 is 0.833 bits per heavy atom. The second-order valence-electron chi connectivity index (χ2n) is 17.5. The predicted octanol–water partition coefficient (Wildman–Crippen LogP) is 4.19. The van der Waals surface area contributed by atoms with Crippen molar-refractivity contribution in [1.29, 1.82) is 5.41 Å². The van der Waals surface area contributed by atoms with E-state index in [0.29, 0.717) is 46.1 Å². The van der Waals surface area contributed by atoms with Gasteiger partial charge >= 0.3 is 0 Å². The van der Waals surface area contributed by atoms with Crippen molar-refractivity contribution in [2.24, 2.45) is 22.4 Å². The standard InChI is InChI=1S/C50H65N11O5/c1-3-21-55-47(44(46(52)53)45(51)36-11-14-40(15-12-36)66-39-8-5-4-6-9-39)56-37-19-24-58(25-20-37)27-26-57-22-17-35(18-23-57)34-59-28-30-60(31-29-59)38-13-16-41-42(33-38)50(65)61(49(41)64)43(10-7-32-62)48(63)54-2/h3-6,8-9,11-16,21,32-33,35,37,43,51H,7,10,17-20,22-31,34,52-53H2,1-2H3,(H,54,63)(H,55,56)/b21-3+,51-45?. The maximum Gasteiger partial charge on any atom is 0.262 e. The summed E-state index contributed by atoms with van der Waals surface area (Å²) in [5.74, 6) is 1.14. The van der Waals surface area contributed by atoms with E-state index < -0.39 is 23.8 Å². The third kappa shape index (κ3) is 11.7. The van der Waals surface area contributed by atoms with E-state index in [2.05, 4.69) is 35.2 Å². The van der Waals surface area contributed by atoms with Crippen LogP contribution in [0.2, 0.25) is 0 Å². The lowest BCUT2D eigenvalue weighted by molar-refractivity contribution is -0.124. The molecule has 16 nitrogen and oxygen atoms in total. The zero-order valence-corrected chi connectivity index (χ0v) is 38.3. The molecular formula is C50H65N11O5. The molecule has 4 aliphatic heterocycles. The summed E-state index contributed by atoms with van der Waals surface area (Å²) in [4.78, 5) is 66.0. The molecule has 0 aliphatic carbocycles. The highest BCUT2D eigenvalue weighted by molar-refractivity contribution is 6.29. The first-order chi connectivity index (χ1) is 32.1. The molecule has 3 amide bonds. The number of benzene rings is 3. The number of amides is 3. The lowest BCUT2D eigenvalue weighted by Crippen LogP contribution is -2.50. The molecule has 1 unspecified atom stereocenters. The van der Waals surface area contributed by atoms with Gasteiger partial charge in [-0.3, -0.25) is 29.6 Å². The van der Waals surface area contributed by atoms with Crippen molar-refractivity contribution < 1.29 is 23.9 Å². The van der Waals surface area contributed by atoms with Crippen LogP contribution in [0.1, 0.15) is 71.7 Å². The Bertz CT molecular complexity index is 2270. The van der Waals surface area contributed by atoms with Crippen LogP contribution in [-0.2, 0) is 9.59 Å². The van der Waals surface area contributed by atoms with Crippen LogP contribution in [0.5, 0.6) is 11.5 Å². The van der Waals surface area contributed by atoms with Crippen LogP contribution in [0.25, 0.3) is 0 Å². The molecule has 3 saturated heterocycles. The Hall–Kier alpha value is -6.36. The molecule has 0 saturated carbocycles. The molecule has 3 aromatic rings. The highest BCUT2D eigenvalue weighted by Gasteiger charge is 2.43. The molecule has 7 rings (SSSR count). The van der Waals surface area contributed by atoms with E-state index in [0.717, 1.165) is 101 Å². The summed E-state index contributed by atoms with van der Waals surface area (Å²) in [6, 6.07) is 21.4. The number of nitrogens with one attached hydrogen (secondary N) is 3. The van der Waals surface area contributed by atoms with Gasteiger partial charge in [-0.25, -0.2) is 4.99 Å². The minimum Gasteiger partial charge on any atom is -0.457 e. The smallest absolute Gasteiger partial charge is 0.262 e. The van der Waals surface area contributed by atoms with Crippen LogP contribution < -0.4 is 31.7 Å². The first kappa shape index (κ1) is 47.6. The highest BCUT2D eigenvalue weighted by Crippen LogP contribution is 2.31. The number of piperazine rings is 1. The number of nitrogens with two attached hydrogens (primary N) is 2. The Morgan fingerprint density at radius 2 is 1.47 bits per heavy atom. The number of ether oxygens (including phenoxy) is 1. The van der Waals surface area contributed by atoms with Crippen LogP contribution in [0.15, 0.2) is 101 Å². The Morgan fingerprint density at radius 3 is 2.09 bits per heavy atom. The third-order valence-corrected chi connectivity index (χ3v) is 13.2. The number of carbonyl (C=O) groups excluding carboxylic acids is 4. The monoisotopic (exact) mass is 900 g/mol. The van der Waals surface area contributed by atoms with E-state index in [-0.39, 0.29) is 30.4 Å². The summed E-state index contributed by atoms with van der Waals surface area (Å²) in [5.41, 5.74) is 15.2. The van der Waals surface area contributed by atoms with Crippen LogP contribution in [0.3, 0.4) is 0 Å².